The average molecular weight is 503 g/mol. The van der Waals surface area contributed by atoms with Crippen molar-refractivity contribution in [3.05, 3.63) is 67.3 Å². The number of rotatable bonds is 9. The van der Waals surface area contributed by atoms with Crippen LogP contribution in [0, 0.1) is 0 Å². The lowest BCUT2D eigenvalue weighted by molar-refractivity contribution is -0.111. The molecule has 4 rings (SSSR count). The molecule has 0 radical (unpaired) electrons. The normalized spacial score (nSPS) is 13.6. The van der Waals surface area contributed by atoms with E-state index in [1.165, 1.54) is 6.08 Å². The molecule has 1 amide bonds. The van der Waals surface area contributed by atoms with Crippen LogP contribution in [0.15, 0.2) is 67.3 Å². The Bertz CT molecular complexity index is 1250. The number of carbonyl (C=O) groups is 1. The molecule has 3 aromatic rings. The van der Waals surface area contributed by atoms with Gasteiger partial charge in [-0.25, -0.2) is 0 Å². The second kappa shape index (κ2) is 11.7. The molecule has 1 aliphatic heterocycles. The van der Waals surface area contributed by atoms with Gasteiger partial charge in [0.2, 0.25) is 11.8 Å². The first kappa shape index (κ1) is 25.8. The molecule has 9 nitrogen and oxygen atoms in total. The van der Waals surface area contributed by atoms with Gasteiger partial charge in [0.05, 0.1) is 18.5 Å². The number of amides is 1. The average Bonchev–Trinajstić information content (AvgIpc) is 2.89. The number of hydrogen-bond acceptors (Lipinski definition) is 8. The van der Waals surface area contributed by atoms with Gasteiger partial charge in [-0.15, -0.1) is 0 Å². The highest BCUT2D eigenvalue weighted by molar-refractivity contribution is 5.98. The number of hydrogen-bond donors (Lipinski definition) is 2. The summed E-state index contributed by atoms with van der Waals surface area (Å²) in [6, 6.07) is 17.2. The molecule has 0 aliphatic carbocycles. The predicted molar refractivity (Wildman–Crippen MR) is 150 cm³/mol. The summed E-state index contributed by atoms with van der Waals surface area (Å²) in [6.45, 7) is 7.53. The van der Waals surface area contributed by atoms with Crippen molar-refractivity contribution >= 4 is 34.5 Å². The molecular formula is C28H34N6O3. The van der Waals surface area contributed by atoms with Gasteiger partial charge >= 0.3 is 0 Å². The molecule has 0 saturated carbocycles. The summed E-state index contributed by atoms with van der Waals surface area (Å²) in [5, 5.41) is 6.11. The number of benzene rings is 2. The maximum atomic E-state index is 11.7. The Kier molecular flexibility index (Phi) is 8.15. The predicted octanol–water partition coefficient (Wildman–Crippen LogP) is 4.57. The number of aromatic nitrogens is 1. The van der Waals surface area contributed by atoms with Gasteiger partial charge in [-0.1, -0.05) is 12.6 Å². The molecule has 194 valence electrons. The lowest BCUT2D eigenvalue weighted by Gasteiger charge is -2.34. The number of nitrogens with one attached hydrogen (secondary N) is 2. The van der Waals surface area contributed by atoms with Crippen molar-refractivity contribution in [2.75, 3.05) is 74.9 Å². The fourth-order valence-electron chi connectivity index (χ4n) is 4.04. The van der Waals surface area contributed by atoms with E-state index in [0.717, 1.165) is 49.0 Å². The lowest BCUT2D eigenvalue weighted by Crippen LogP contribution is -2.44. The molecule has 1 fully saturated rings. The molecule has 0 unspecified atom stereocenters. The standard InChI is InChI=1S/C28H34N6O3/c1-6-27(35)29-20-8-7-9-22(18-20)37-28-24(32(2)3)12-13-26(31-28)30-23-11-10-21(19-25(23)36-5)34-16-14-33(4)15-17-34/h6-13,18-19H,1,14-17H2,2-5H3,(H,29,35)(H,30,31). The number of nitrogens with zero attached hydrogens (tertiary/aromatic N) is 4. The molecular weight excluding hydrogens is 468 g/mol. The number of carbonyl (C=O) groups excluding carboxylic acids is 1. The van der Waals surface area contributed by atoms with Crippen molar-refractivity contribution in [1.29, 1.82) is 0 Å². The zero-order chi connectivity index (χ0) is 26.4. The van der Waals surface area contributed by atoms with Crippen LogP contribution in [0.1, 0.15) is 0 Å². The second-order valence-corrected chi connectivity index (χ2v) is 9.04. The van der Waals surface area contributed by atoms with E-state index in [4.69, 9.17) is 14.5 Å². The molecule has 9 heteroatoms. The molecule has 2 N–H and O–H groups in total. The van der Waals surface area contributed by atoms with Gasteiger partial charge in [0.25, 0.3) is 0 Å². The monoisotopic (exact) mass is 502 g/mol. The number of piperazine rings is 1. The van der Waals surface area contributed by atoms with E-state index in [1.807, 2.05) is 43.3 Å². The number of anilines is 5. The van der Waals surface area contributed by atoms with E-state index in [2.05, 4.69) is 46.2 Å². The van der Waals surface area contributed by atoms with Crippen LogP contribution in [-0.4, -0.2) is 70.2 Å². The summed E-state index contributed by atoms with van der Waals surface area (Å²) in [4.78, 5) is 23.0. The van der Waals surface area contributed by atoms with E-state index in [0.29, 0.717) is 23.1 Å². The van der Waals surface area contributed by atoms with Crippen LogP contribution < -0.4 is 29.9 Å². The minimum atomic E-state index is -0.289. The summed E-state index contributed by atoms with van der Waals surface area (Å²) >= 11 is 0. The number of pyridine rings is 1. The topological polar surface area (TPSA) is 82.2 Å². The number of ether oxygens (including phenoxy) is 2. The first-order chi connectivity index (χ1) is 17.9. The Hall–Kier alpha value is -4.24. The zero-order valence-electron chi connectivity index (χ0n) is 21.8. The maximum absolute atomic E-state index is 11.7. The molecule has 1 saturated heterocycles. The Labute approximate surface area is 218 Å². The summed E-state index contributed by atoms with van der Waals surface area (Å²) in [6.07, 6.45) is 1.22. The highest BCUT2D eigenvalue weighted by Gasteiger charge is 2.17. The fourth-order valence-corrected chi connectivity index (χ4v) is 4.04. The SMILES string of the molecule is C=CC(=O)Nc1cccc(Oc2nc(Nc3ccc(N4CCN(C)CC4)cc3OC)ccc2N(C)C)c1. The minimum absolute atomic E-state index is 0.289. The lowest BCUT2D eigenvalue weighted by atomic mass is 10.2. The van der Waals surface area contributed by atoms with E-state index < -0.39 is 0 Å². The maximum Gasteiger partial charge on any atom is 0.247 e. The van der Waals surface area contributed by atoms with Crippen LogP contribution in [0.2, 0.25) is 0 Å². The molecule has 1 aromatic heterocycles. The van der Waals surface area contributed by atoms with E-state index in [1.54, 1.807) is 25.3 Å². The molecule has 2 aromatic carbocycles. The highest BCUT2D eigenvalue weighted by Crippen LogP contribution is 2.35. The van der Waals surface area contributed by atoms with Crippen molar-refractivity contribution in [2.24, 2.45) is 0 Å². The number of methoxy groups -OCH3 is 1. The van der Waals surface area contributed by atoms with Crippen molar-refractivity contribution in [1.82, 2.24) is 9.88 Å². The summed E-state index contributed by atoms with van der Waals surface area (Å²) in [5.41, 5.74) is 3.36. The first-order valence-corrected chi connectivity index (χ1v) is 12.1. The van der Waals surface area contributed by atoms with Gasteiger partial charge in [0.15, 0.2) is 0 Å². The van der Waals surface area contributed by atoms with Crippen molar-refractivity contribution in [3.8, 4) is 17.4 Å². The minimum Gasteiger partial charge on any atom is -0.494 e. The van der Waals surface area contributed by atoms with E-state index >= 15 is 0 Å². The van der Waals surface area contributed by atoms with Crippen LogP contribution in [0.3, 0.4) is 0 Å². The van der Waals surface area contributed by atoms with Crippen LogP contribution in [0.5, 0.6) is 17.4 Å². The van der Waals surface area contributed by atoms with Crippen LogP contribution in [-0.2, 0) is 4.79 Å². The highest BCUT2D eigenvalue weighted by atomic mass is 16.5. The Morgan fingerprint density at radius 3 is 2.57 bits per heavy atom. The summed E-state index contributed by atoms with van der Waals surface area (Å²) < 4.78 is 11.9. The van der Waals surface area contributed by atoms with Gasteiger partial charge in [-0.3, -0.25) is 4.79 Å². The van der Waals surface area contributed by atoms with Crippen molar-refractivity contribution in [3.63, 3.8) is 0 Å². The molecule has 0 atom stereocenters. The molecule has 1 aliphatic rings. The Morgan fingerprint density at radius 1 is 1.08 bits per heavy atom. The second-order valence-electron chi connectivity index (χ2n) is 9.04. The van der Waals surface area contributed by atoms with Gasteiger partial charge in [-0.05, 0) is 49.5 Å². The first-order valence-electron chi connectivity index (χ1n) is 12.1. The van der Waals surface area contributed by atoms with Gasteiger partial charge in [-0.2, -0.15) is 4.98 Å². The van der Waals surface area contributed by atoms with Gasteiger partial charge in [0.1, 0.15) is 17.3 Å². The van der Waals surface area contributed by atoms with Crippen LogP contribution in [0.4, 0.5) is 28.6 Å². The third kappa shape index (κ3) is 6.50. The van der Waals surface area contributed by atoms with Gasteiger partial charge < -0.3 is 34.8 Å². The molecule has 0 spiro atoms. The molecule has 37 heavy (non-hydrogen) atoms. The third-order valence-electron chi connectivity index (χ3n) is 6.14. The van der Waals surface area contributed by atoms with Crippen molar-refractivity contribution in [2.45, 2.75) is 0 Å². The van der Waals surface area contributed by atoms with Crippen LogP contribution in [0.25, 0.3) is 0 Å². The van der Waals surface area contributed by atoms with Crippen LogP contribution >= 0.6 is 0 Å². The molecule has 0 bridgehead atoms. The summed E-state index contributed by atoms with van der Waals surface area (Å²) in [5.74, 6) is 2.03. The Morgan fingerprint density at radius 2 is 1.86 bits per heavy atom. The van der Waals surface area contributed by atoms with E-state index in [9.17, 15) is 4.79 Å². The quantitative estimate of drug-likeness (QED) is 0.412. The van der Waals surface area contributed by atoms with Gasteiger partial charge in [0, 0.05) is 63.8 Å². The Balaban J connectivity index is 1.56. The number of likely N-dealkylation sites (N-methyl/N-ethyl adjacent to an activating group) is 1. The summed E-state index contributed by atoms with van der Waals surface area (Å²) in [7, 11) is 7.67. The molecule has 2 heterocycles. The van der Waals surface area contributed by atoms with Crippen molar-refractivity contribution < 1.29 is 14.3 Å². The zero-order valence-corrected chi connectivity index (χ0v) is 21.8. The fraction of sp³-hybridized carbons (Fsp3) is 0.286. The van der Waals surface area contributed by atoms with E-state index in [-0.39, 0.29) is 5.91 Å². The smallest absolute Gasteiger partial charge is 0.247 e. The largest absolute Gasteiger partial charge is 0.494 e. The third-order valence-corrected chi connectivity index (χ3v) is 6.14.